The van der Waals surface area contributed by atoms with E-state index >= 15 is 0 Å². The Bertz CT molecular complexity index is 430. The number of nitrogen functional groups attached to an aromatic ring is 1. The minimum atomic E-state index is 0.323. The van der Waals surface area contributed by atoms with Gasteiger partial charge in [-0.1, -0.05) is 0 Å². The molecule has 2 heterocycles. The van der Waals surface area contributed by atoms with Crippen molar-refractivity contribution in [1.29, 1.82) is 0 Å². The van der Waals surface area contributed by atoms with Crippen molar-refractivity contribution in [3.63, 3.8) is 0 Å². The fourth-order valence-corrected chi connectivity index (χ4v) is 1.33. The fourth-order valence-electron chi connectivity index (χ4n) is 1.33. The molecule has 0 unspecified atom stereocenters. The van der Waals surface area contributed by atoms with Crippen LogP contribution in [0.25, 0.3) is 5.65 Å². The lowest BCUT2D eigenvalue weighted by Gasteiger charge is -1.97. The Labute approximate surface area is 70.0 Å². The molecule has 0 atom stereocenters. The molecule has 0 fully saturated rings. The van der Waals surface area contributed by atoms with Crippen molar-refractivity contribution in [3.8, 4) is 0 Å². The fraction of sp³-hybridized carbons (Fsp3) is 0.250. The molecule has 2 rings (SSSR count). The lowest BCUT2D eigenvalue weighted by molar-refractivity contribution is 0.916. The Hall–Kier alpha value is -1.58. The predicted octanol–water partition coefficient (Wildman–Crippen LogP) is 0.928. The molecule has 0 aliphatic heterocycles. The lowest BCUT2D eigenvalue weighted by atomic mass is 10.2. The van der Waals surface area contributed by atoms with Gasteiger partial charge in [0.2, 0.25) is 5.95 Å². The number of nitrogens with two attached hydrogens (primary N) is 1. The third-order valence-electron chi connectivity index (χ3n) is 1.78. The van der Waals surface area contributed by atoms with Crippen LogP contribution in [-0.4, -0.2) is 14.6 Å². The van der Waals surface area contributed by atoms with Crippen molar-refractivity contribution in [3.05, 3.63) is 23.4 Å². The highest BCUT2D eigenvalue weighted by molar-refractivity contribution is 5.45. The van der Waals surface area contributed by atoms with E-state index in [4.69, 9.17) is 5.73 Å². The first-order valence-electron chi connectivity index (χ1n) is 3.76. The molecule has 0 aliphatic rings. The smallest absolute Gasteiger partial charge is 0.240 e. The van der Waals surface area contributed by atoms with Crippen LogP contribution in [0.4, 0.5) is 5.95 Å². The van der Waals surface area contributed by atoms with Gasteiger partial charge in [0, 0.05) is 5.69 Å². The molecular formula is C8H10N4. The van der Waals surface area contributed by atoms with Crippen LogP contribution in [0, 0.1) is 13.8 Å². The second-order valence-corrected chi connectivity index (χ2v) is 2.91. The molecule has 4 heteroatoms. The summed E-state index contributed by atoms with van der Waals surface area (Å²) in [5.41, 5.74) is 8.50. The summed E-state index contributed by atoms with van der Waals surface area (Å²) in [6.45, 7) is 4.01. The molecule has 62 valence electrons. The molecule has 12 heavy (non-hydrogen) atoms. The Balaban J connectivity index is 2.88. The van der Waals surface area contributed by atoms with Gasteiger partial charge in [-0.3, -0.25) is 0 Å². The normalized spacial score (nSPS) is 10.8. The molecule has 0 aliphatic carbocycles. The average Bonchev–Trinajstić information content (AvgIpc) is 2.29. The highest BCUT2D eigenvalue weighted by atomic mass is 15.3. The minimum absolute atomic E-state index is 0.323. The van der Waals surface area contributed by atoms with Crippen molar-refractivity contribution >= 4 is 11.6 Å². The summed E-state index contributed by atoms with van der Waals surface area (Å²) in [4.78, 5) is 4.06. The number of hydrogen-bond donors (Lipinski definition) is 1. The van der Waals surface area contributed by atoms with Crippen molar-refractivity contribution < 1.29 is 0 Å². The largest absolute Gasteiger partial charge is 0.366 e. The van der Waals surface area contributed by atoms with E-state index in [2.05, 4.69) is 10.1 Å². The van der Waals surface area contributed by atoms with E-state index in [-0.39, 0.29) is 0 Å². The number of pyridine rings is 1. The van der Waals surface area contributed by atoms with Crippen LogP contribution in [0.2, 0.25) is 0 Å². The second-order valence-electron chi connectivity index (χ2n) is 2.91. The molecule has 4 nitrogen and oxygen atoms in total. The SMILES string of the molecule is Cc1cc(C)n2nc(N)nc2c1. The standard InChI is InChI=1S/C8H10N4/c1-5-3-6(2)12-7(4-5)10-8(9)11-12/h3-4H,1-2H3,(H2,9,11). The molecule has 0 bridgehead atoms. The summed E-state index contributed by atoms with van der Waals surface area (Å²) >= 11 is 0. The summed E-state index contributed by atoms with van der Waals surface area (Å²) in [5.74, 6) is 0.323. The van der Waals surface area contributed by atoms with E-state index in [1.807, 2.05) is 26.0 Å². The number of hydrogen-bond acceptors (Lipinski definition) is 3. The average molecular weight is 162 g/mol. The summed E-state index contributed by atoms with van der Waals surface area (Å²) in [7, 11) is 0. The zero-order valence-corrected chi connectivity index (χ0v) is 7.07. The van der Waals surface area contributed by atoms with Gasteiger partial charge in [-0.15, -0.1) is 5.10 Å². The molecule has 2 N–H and O–H groups in total. The Morgan fingerprint density at radius 2 is 2.08 bits per heavy atom. The van der Waals surface area contributed by atoms with Crippen LogP contribution < -0.4 is 5.73 Å². The zero-order valence-electron chi connectivity index (χ0n) is 7.07. The van der Waals surface area contributed by atoms with Crippen LogP contribution in [0.1, 0.15) is 11.3 Å². The highest BCUT2D eigenvalue weighted by Crippen LogP contribution is 2.09. The maximum Gasteiger partial charge on any atom is 0.240 e. The molecule has 0 aromatic carbocycles. The Kier molecular flexibility index (Phi) is 1.30. The molecule has 2 aromatic rings. The molecule has 0 radical (unpaired) electrons. The quantitative estimate of drug-likeness (QED) is 0.627. The van der Waals surface area contributed by atoms with Crippen LogP contribution >= 0.6 is 0 Å². The molecule has 0 saturated carbocycles. The van der Waals surface area contributed by atoms with E-state index in [0.29, 0.717) is 5.95 Å². The van der Waals surface area contributed by atoms with Gasteiger partial charge in [-0.05, 0) is 31.5 Å². The van der Waals surface area contributed by atoms with Crippen LogP contribution in [0.15, 0.2) is 12.1 Å². The van der Waals surface area contributed by atoms with E-state index in [1.54, 1.807) is 4.52 Å². The number of rotatable bonds is 0. The number of aryl methyl sites for hydroxylation is 2. The third kappa shape index (κ3) is 0.922. The summed E-state index contributed by atoms with van der Waals surface area (Å²) in [6.07, 6.45) is 0. The molecule has 0 amide bonds. The second kappa shape index (κ2) is 2.20. The summed E-state index contributed by atoms with van der Waals surface area (Å²) in [5, 5.41) is 4.04. The van der Waals surface area contributed by atoms with Gasteiger partial charge in [0.05, 0.1) is 0 Å². The van der Waals surface area contributed by atoms with Gasteiger partial charge in [0.25, 0.3) is 0 Å². The van der Waals surface area contributed by atoms with Gasteiger partial charge in [-0.2, -0.15) is 4.98 Å². The summed E-state index contributed by atoms with van der Waals surface area (Å²) in [6, 6.07) is 4.00. The monoisotopic (exact) mass is 162 g/mol. The van der Waals surface area contributed by atoms with Gasteiger partial charge in [0.1, 0.15) is 0 Å². The molecule has 0 spiro atoms. The number of aromatic nitrogens is 3. The maximum absolute atomic E-state index is 5.47. The predicted molar refractivity (Wildman–Crippen MR) is 46.9 cm³/mol. The van der Waals surface area contributed by atoms with E-state index < -0.39 is 0 Å². The van der Waals surface area contributed by atoms with Crippen molar-refractivity contribution in [1.82, 2.24) is 14.6 Å². The molecule has 0 saturated heterocycles. The number of nitrogens with zero attached hydrogens (tertiary/aromatic N) is 3. The minimum Gasteiger partial charge on any atom is -0.366 e. The van der Waals surface area contributed by atoms with Crippen LogP contribution in [0.5, 0.6) is 0 Å². The molecular weight excluding hydrogens is 152 g/mol. The van der Waals surface area contributed by atoms with E-state index in [1.165, 1.54) is 5.56 Å². The Morgan fingerprint density at radius 3 is 2.83 bits per heavy atom. The summed E-state index contributed by atoms with van der Waals surface area (Å²) < 4.78 is 1.74. The van der Waals surface area contributed by atoms with Crippen molar-refractivity contribution in [2.24, 2.45) is 0 Å². The third-order valence-corrected chi connectivity index (χ3v) is 1.78. The van der Waals surface area contributed by atoms with Crippen LogP contribution in [0.3, 0.4) is 0 Å². The van der Waals surface area contributed by atoms with Crippen molar-refractivity contribution in [2.75, 3.05) is 5.73 Å². The highest BCUT2D eigenvalue weighted by Gasteiger charge is 2.01. The first-order chi connectivity index (χ1) is 5.66. The Morgan fingerprint density at radius 1 is 1.33 bits per heavy atom. The van der Waals surface area contributed by atoms with E-state index in [0.717, 1.165) is 11.3 Å². The number of anilines is 1. The maximum atomic E-state index is 5.47. The lowest BCUT2D eigenvalue weighted by Crippen LogP contribution is -1.94. The first kappa shape index (κ1) is 7.09. The van der Waals surface area contributed by atoms with Crippen LogP contribution in [-0.2, 0) is 0 Å². The first-order valence-corrected chi connectivity index (χ1v) is 3.76. The van der Waals surface area contributed by atoms with Gasteiger partial charge >= 0.3 is 0 Å². The van der Waals surface area contributed by atoms with Gasteiger partial charge in [0.15, 0.2) is 5.65 Å². The van der Waals surface area contributed by atoms with Gasteiger partial charge < -0.3 is 5.73 Å². The van der Waals surface area contributed by atoms with Crippen molar-refractivity contribution in [2.45, 2.75) is 13.8 Å². The topological polar surface area (TPSA) is 56.2 Å². The molecule has 2 aromatic heterocycles. The number of fused-ring (bicyclic) bond motifs is 1. The van der Waals surface area contributed by atoms with Gasteiger partial charge in [-0.25, -0.2) is 4.52 Å². The van der Waals surface area contributed by atoms with E-state index in [9.17, 15) is 0 Å². The zero-order chi connectivity index (χ0) is 8.72.